The lowest BCUT2D eigenvalue weighted by Gasteiger charge is -2.06. The Labute approximate surface area is 109 Å². The molecule has 18 heavy (non-hydrogen) atoms. The number of aromatic nitrogens is 1. The lowest BCUT2D eigenvalue weighted by molar-refractivity contribution is 0.413. The maximum atomic E-state index is 8.90. The van der Waals surface area contributed by atoms with Gasteiger partial charge in [0.25, 0.3) is 0 Å². The number of ether oxygens (including phenoxy) is 1. The van der Waals surface area contributed by atoms with Gasteiger partial charge in [-0.05, 0) is 24.3 Å². The fraction of sp³-hybridized carbons (Fsp3) is 0.0769. The van der Waals surface area contributed by atoms with Crippen molar-refractivity contribution in [2.75, 3.05) is 12.8 Å². The zero-order chi connectivity index (χ0) is 13.0. The molecule has 0 aliphatic heterocycles. The van der Waals surface area contributed by atoms with Gasteiger partial charge in [-0.1, -0.05) is 17.8 Å². The van der Waals surface area contributed by atoms with Crippen molar-refractivity contribution in [1.82, 2.24) is 4.98 Å². The van der Waals surface area contributed by atoms with Crippen LogP contribution in [0.25, 0.3) is 0 Å². The number of anilines is 1. The first-order chi connectivity index (χ1) is 8.74. The van der Waals surface area contributed by atoms with E-state index in [9.17, 15) is 0 Å². The summed E-state index contributed by atoms with van der Waals surface area (Å²) in [5, 5.41) is 9.53. The summed E-state index contributed by atoms with van der Waals surface area (Å²) in [4.78, 5) is 5.15. The van der Waals surface area contributed by atoms with Gasteiger partial charge >= 0.3 is 0 Å². The minimum Gasteiger partial charge on any atom is -0.497 e. The molecule has 0 saturated heterocycles. The SMILES string of the molecule is COc1cccc(Sc2nccc(C#N)c2N)c1. The molecule has 0 atom stereocenters. The molecule has 5 heteroatoms. The van der Waals surface area contributed by atoms with E-state index >= 15 is 0 Å². The summed E-state index contributed by atoms with van der Waals surface area (Å²) in [5.74, 6) is 0.773. The summed E-state index contributed by atoms with van der Waals surface area (Å²) in [6.45, 7) is 0. The van der Waals surface area contributed by atoms with Crippen molar-refractivity contribution in [3.8, 4) is 11.8 Å². The van der Waals surface area contributed by atoms with Crippen LogP contribution in [-0.4, -0.2) is 12.1 Å². The summed E-state index contributed by atoms with van der Waals surface area (Å²) >= 11 is 1.41. The van der Waals surface area contributed by atoms with Crippen molar-refractivity contribution < 1.29 is 4.74 Å². The Bertz CT molecular complexity index is 607. The second kappa shape index (κ2) is 5.43. The van der Waals surface area contributed by atoms with E-state index in [1.54, 1.807) is 19.4 Å². The quantitative estimate of drug-likeness (QED) is 0.915. The number of benzene rings is 1. The number of hydrogen-bond acceptors (Lipinski definition) is 5. The highest BCUT2D eigenvalue weighted by atomic mass is 32.2. The first-order valence-electron chi connectivity index (χ1n) is 5.21. The third-order valence-electron chi connectivity index (χ3n) is 2.33. The van der Waals surface area contributed by atoms with Crippen LogP contribution in [0.3, 0.4) is 0 Å². The Hall–Kier alpha value is -2.19. The Kier molecular flexibility index (Phi) is 3.70. The molecule has 0 aliphatic carbocycles. The first-order valence-corrected chi connectivity index (χ1v) is 6.02. The van der Waals surface area contributed by atoms with E-state index in [0.29, 0.717) is 16.3 Å². The Morgan fingerprint density at radius 2 is 2.22 bits per heavy atom. The number of methoxy groups -OCH3 is 1. The van der Waals surface area contributed by atoms with Crippen LogP contribution in [0.5, 0.6) is 5.75 Å². The largest absolute Gasteiger partial charge is 0.497 e. The van der Waals surface area contributed by atoms with Crippen molar-refractivity contribution >= 4 is 17.4 Å². The first kappa shape index (κ1) is 12.3. The van der Waals surface area contributed by atoms with Gasteiger partial charge in [-0.2, -0.15) is 5.26 Å². The predicted octanol–water partition coefficient (Wildman–Crippen LogP) is 2.70. The zero-order valence-electron chi connectivity index (χ0n) is 9.75. The van der Waals surface area contributed by atoms with E-state index in [-0.39, 0.29) is 0 Å². The second-order valence-corrected chi connectivity index (χ2v) is 4.53. The van der Waals surface area contributed by atoms with E-state index < -0.39 is 0 Å². The topological polar surface area (TPSA) is 71.9 Å². The second-order valence-electron chi connectivity index (χ2n) is 3.47. The Morgan fingerprint density at radius 1 is 1.39 bits per heavy atom. The van der Waals surface area contributed by atoms with Crippen LogP contribution in [-0.2, 0) is 0 Å². The normalized spacial score (nSPS) is 9.78. The molecule has 0 unspecified atom stereocenters. The number of nitrogen functional groups attached to an aromatic ring is 1. The highest BCUT2D eigenvalue weighted by molar-refractivity contribution is 7.99. The molecule has 2 aromatic rings. The summed E-state index contributed by atoms with van der Waals surface area (Å²) in [6, 6.07) is 11.2. The van der Waals surface area contributed by atoms with E-state index in [0.717, 1.165) is 10.6 Å². The third kappa shape index (κ3) is 2.55. The lowest BCUT2D eigenvalue weighted by atomic mass is 10.2. The Morgan fingerprint density at radius 3 is 2.94 bits per heavy atom. The molecule has 0 spiro atoms. The average Bonchev–Trinajstić information content (AvgIpc) is 2.41. The molecular weight excluding hydrogens is 246 g/mol. The molecule has 0 fully saturated rings. The number of hydrogen-bond donors (Lipinski definition) is 1. The minimum atomic E-state index is 0.410. The summed E-state index contributed by atoms with van der Waals surface area (Å²) in [5.41, 5.74) is 6.73. The molecule has 0 radical (unpaired) electrons. The van der Waals surface area contributed by atoms with E-state index in [1.165, 1.54) is 11.8 Å². The van der Waals surface area contributed by atoms with Crippen LogP contribution in [0, 0.1) is 11.3 Å². The number of rotatable bonds is 3. The average molecular weight is 257 g/mol. The lowest BCUT2D eigenvalue weighted by Crippen LogP contribution is -1.95. The highest BCUT2D eigenvalue weighted by Crippen LogP contribution is 2.33. The van der Waals surface area contributed by atoms with Gasteiger partial charge in [-0.25, -0.2) is 4.98 Å². The van der Waals surface area contributed by atoms with Crippen molar-refractivity contribution in [3.63, 3.8) is 0 Å². The predicted molar refractivity (Wildman–Crippen MR) is 70.5 cm³/mol. The van der Waals surface area contributed by atoms with Gasteiger partial charge < -0.3 is 10.5 Å². The number of nitrogens with zero attached hydrogens (tertiary/aromatic N) is 2. The number of nitrogens with two attached hydrogens (primary N) is 1. The van der Waals surface area contributed by atoms with Crippen LogP contribution in [0.2, 0.25) is 0 Å². The molecule has 1 aromatic carbocycles. The van der Waals surface area contributed by atoms with Crippen LogP contribution in [0.15, 0.2) is 46.5 Å². The fourth-order valence-electron chi connectivity index (χ4n) is 1.41. The minimum absolute atomic E-state index is 0.410. The van der Waals surface area contributed by atoms with Gasteiger partial charge in [-0.15, -0.1) is 0 Å². The third-order valence-corrected chi connectivity index (χ3v) is 3.34. The fourth-order valence-corrected chi connectivity index (χ4v) is 2.29. The van der Waals surface area contributed by atoms with Crippen molar-refractivity contribution in [3.05, 3.63) is 42.1 Å². The van der Waals surface area contributed by atoms with Crippen LogP contribution >= 0.6 is 11.8 Å². The van der Waals surface area contributed by atoms with Crippen molar-refractivity contribution in [2.45, 2.75) is 9.92 Å². The summed E-state index contributed by atoms with van der Waals surface area (Å²) < 4.78 is 5.15. The number of pyridine rings is 1. The van der Waals surface area contributed by atoms with E-state index in [4.69, 9.17) is 15.7 Å². The maximum Gasteiger partial charge on any atom is 0.125 e. The van der Waals surface area contributed by atoms with Gasteiger partial charge in [0.2, 0.25) is 0 Å². The summed E-state index contributed by atoms with van der Waals surface area (Å²) in [6.07, 6.45) is 1.58. The molecule has 0 saturated carbocycles. The summed E-state index contributed by atoms with van der Waals surface area (Å²) in [7, 11) is 1.62. The van der Waals surface area contributed by atoms with Crippen molar-refractivity contribution in [1.29, 1.82) is 5.26 Å². The van der Waals surface area contributed by atoms with Crippen molar-refractivity contribution in [2.24, 2.45) is 0 Å². The standard InChI is InChI=1S/C13H11N3OS/c1-17-10-3-2-4-11(7-10)18-13-12(15)9(8-14)5-6-16-13/h2-7H,15H2,1H3. The molecule has 4 nitrogen and oxygen atoms in total. The van der Waals surface area contributed by atoms with Gasteiger partial charge in [-0.3, -0.25) is 0 Å². The molecule has 90 valence electrons. The van der Waals surface area contributed by atoms with E-state index in [2.05, 4.69) is 4.98 Å². The van der Waals surface area contributed by atoms with Crippen LogP contribution in [0.4, 0.5) is 5.69 Å². The molecule has 2 N–H and O–H groups in total. The Balaban J connectivity index is 2.31. The maximum absolute atomic E-state index is 8.90. The van der Waals surface area contributed by atoms with Gasteiger partial charge in [0.1, 0.15) is 16.8 Å². The van der Waals surface area contributed by atoms with Crippen LogP contribution in [0.1, 0.15) is 5.56 Å². The monoisotopic (exact) mass is 257 g/mol. The molecule has 0 bridgehead atoms. The van der Waals surface area contributed by atoms with Gasteiger partial charge in [0, 0.05) is 11.1 Å². The molecule has 1 heterocycles. The molecule has 0 aliphatic rings. The molecule has 0 amide bonds. The smallest absolute Gasteiger partial charge is 0.125 e. The zero-order valence-corrected chi connectivity index (χ0v) is 10.6. The molecule has 1 aromatic heterocycles. The molecular formula is C13H11N3OS. The van der Waals surface area contributed by atoms with Gasteiger partial charge in [0.05, 0.1) is 18.4 Å². The van der Waals surface area contributed by atoms with Gasteiger partial charge in [0.15, 0.2) is 0 Å². The van der Waals surface area contributed by atoms with Crippen LogP contribution < -0.4 is 10.5 Å². The highest BCUT2D eigenvalue weighted by Gasteiger charge is 2.08. The van der Waals surface area contributed by atoms with E-state index in [1.807, 2.05) is 30.3 Å². The molecule has 2 rings (SSSR count). The number of nitriles is 1.